The van der Waals surface area contributed by atoms with Crippen LogP contribution in [-0.2, 0) is 26.5 Å². The molecule has 16 aromatic rings. The van der Waals surface area contributed by atoms with Crippen molar-refractivity contribution in [1.29, 1.82) is 0 Å². The molecule has 7 nitrogen and oxygen atoms in total. The molecule has 0 saturated heterocycles. The predicted molar refractivity (Wildman–Crippen MR) is 313 cm³/mol. The molecule has 0 N–H and O–H groups in total. The van der Waals surface area contributed by atoms with E-state index < -0.39 is 0 Å². The van der Waals surface area contributed by atoms with Crippen LogP contribution in [0.25, 0.3) is 127 Å². The number of aromatic nitrogens is 6. The molecule has 0 atom stereocenters. The van der Waals surface area contributed by atoms with E-state index in [0.717, 1.165) is 66.8 Å². The molecule has 0 aliphatic carbocycles. The minimum atomic E-state index is -0.0852. The Morgan fingerprint density at radius 3 is 1.87 bits per heavy atom. The van der Waals surface area contributed by atoms with Gasteiger partial charge >= 0.3 is 0 Å². The molecule has 0 spiro atoms. The summed E-state index contributed by atoms with van der Waals surface area (Å²) in [4.78, 5) is 5.03. The van der Waals surface area contributed by atoms with Gasteiger partial charge in [-0.2, -0.15) is 18.2 Å². The zero-order valence-electron chi connectivity index (χ0n) is 42.8. The number of benzene rings is 10. The summed E-state index contributed by atoms with van der Waals surface area (Å²) in [5.74, 6) is 1.96. The van der Waals surface area contributed by atoms with E-state index in [2.05, 4.69) is 262 Å². The number of ether oxygens (including phenoxy) is 1. The molecule has 0 unspecified atom stereocenters. The first-order valence-electron chi connectivity index (χ1n) is 26.2. The third kappa shape index (κ3) is 6.87. The van der Waals surface area contributed by atoms with Crippen LogP contribution in [0.3, 0.4) is 0 Å². The molecule has 16 rings (SSSR count). The third-order valence-electron chi connectivity index (χ3n) is 15.7. The van der Waals surface area contributed by atoms with Gasteiger partial charge in [0.25, 0.3) is 6.33 Å². The minimum absolute atomic E-state index is 0. The van der Waals surface area contributed by atoms with Crippen LogP contribution < -0.4 is 9.30 Å². The Morgan fingerprint density at radius 2 is 1.12 bits per heavy atom. The number of rotatable bonds is 7. The van der Waals surface area contributed by atoms with Crippen molar-refractivity contribution in [3.63, 3.8) is 0 Å². The van der Waals surface area contributed by atoms with Gasteiger partial charge in [-0.15, -0.1) is 29.7 Å². The smallest absolute Gasteiger partial charge is 0.268 e. The predicted octanol–water partition coefficient (Wildman–Crippen LogP) is 16.8. The van der Waals surface area contributed by atoms with E-state index >= 15 is 0 Å². The average molecular weight is 1180 g/mol. The second-order valence-electron chi connectivity index (χ2n) is 21.2. The molecule has 6 heterocycles. The van der Waals surface area contributed by atoms with Crippen LogP contribution in [0.5, 0.6) is 11.5 Å². The van der Waals surface area contributed by atoms with Crippen molar-refractivity contribution in [3.05, 3.63) is 249 Å². The van der Waals surface area contributed by atoms with Crippen molar-refractivity contribution in [1.82, 2.24) is 23.1 Å². The molecule has 374 valence electrons. The summed E-state index contributed by atoms with van der Waals surface area (Å²) in [6, 6.07) is 85.3. The molecule has 0 aliphatic heterocycles. The number of fused-ring (bicyclic) bond motifs is 13. The largest absolute Gasteiger partial charge is 0.510 e. The molecule has 8 heteroatoms. The Morgan fingerprint density at radius 1 is 0.474 bits per heavy atom. The van der Waals surface area contributed by atoms with Crippen molar-refractivity contribution in [2.75, 3.05) is 0 Å². The zero-order valence-corrected chi connectivity index (χ0v) is 45.0. The van der Waals surface area contributed by atoms with Crippen LogP contribution in [0.2, 0.25) is 0 Å². The van der Waals surface area contributed by atoms with Crippen molar-refractivity contribution in [2.45, 2.75) is 26.2 Å². The number of pyridine rings is 1. The Bertz CT molecular complexity index is 4990. The maximum absolute atomic E-state index is 6.81. The maximum atomic E-state index is 6.81. The van der Waals surface area contributed by atoms with Gasteiger partial charge in [-0.05, 0) is 88.3 Å². The van der Waals surface area contributed by atoms with Gasteiger partial charge in [0.2, 0.25) is 0 Å². The summed E-state index contributed by atoms with van der Waals surface area (Å²) in [6.07, 6.45) is 5.67. The van der Waals surface area contributed by atoms with Crippen LogP contribution in [0.1, 0.15) is 26.3 Å². The van der Waals surface area contributed by atoms with Gasteiger partial charge in [0.05, 0.1) is 44.3 Å². The standard InChI is InChI=1S/C70H46N6O.Pt/c1-70(2,3)45-35-36-71-67(38-45)75-63-34-31-44(51-24-16-25-56-52-21-7-10-26-60(52)74(68(51)56)46-17-5-4-6-18-46)37-57(63)55-33-32-50(42-66(55)75)77-49-20-15-19-47(39-49)72-43-73(65-30-14-13-29-64(65)72)48-40-58-53-22-8-11-27-61(53)76-62-28-12-9-23-54(62)59(41-48)69(58)76;/h4-38,40-41H,1-3H3;/q-2;. The first kappa shape index (κ1) is 46.0. The van der Waals surface area contributed by atoms with Crippen molar-refractivity contribution < 1.29 is 30.4 Å². The van der Waals surface area contributed by atoms with E-state index in [0.29, 0.717) is 11.5 Å². The fraction of sp³-hybridized carbons (Fsp3) is 0.0571. The van der Waals surface area contributed by atoms with E-state index in [4.69, 9.17) is 9.72 Å². The summed E-state index contributed by atoms with van der Waals surface area (Å²) >= 11 is 0. The second-order valence-corrected chi connectivity index (χ2v) is 21.2. The van der Waals surface area contributed by atoms with Crippen molar-refractivity contribution in [3.8, 4) is 45.5 Å². The Hall–Kier alpha value is -9.29. The molecule has 10 aromatic carbocycles. The fourth-order valence-electron chi connectivity index (χ4n) is 12.2. The molecule has 0 amide bonds. The molecule has 0 bridgehead atoms. The average Bonchev–Trinajstić information content (AvgIpc) is 4.46. The van der Waals surface area contributed by atoms with E-state index in [1.165, 1.54) is 65.5 Å². The number of nitrogens with zero attached hydrogens (tertiary/aromatic N) is 6. The van der Waals surface area contributed by atoms with Gasteiger partial charge in [0.15, 0.2) is 0 Å². The number of hydrogen-bond acceptors (Lipinski definition) is 2. The van der Waals surface area contributed by atoms with Crippen LogP contribution >= 0.6 is 0 Å². The third-order valence-corrected chi connectivity index (χ3v) is 15.7. The summed E-state index contributed by atoms with van der Waals surface area (Å²) in [5.41, 5.74) is 16.3. The van der Waals surface area contributed by atoms with Gasteiger partial charge in [0, 0.05) is 87.8 Å². The number of hydrogen-bond donors (Lipinski definition) is 0. The van der Waals surface area contributed by atoms with E-state index in [9.17, 15) is 0 Å². The molecular formula is C70H46N6OPt-2. The van der Waals surface area contributed by atoms with Crippen molar-refractivity contribution >= 4 is 92.7 Å². The van der Waals surface area contributed by atoms with E-state index in [-0.39, 0.29) is 26.5 Å². The summed E-state index contributed by atoms with van der Waals surface area (Å²) in [6.45, 7) is 6.72. The first-order valence-corrected chi connectivity index (χ1v) is 26.2. The van der Waals surface area contributed by atoms with Gasteiger partial charge < -0.3 is 22.8 Å². The Balaban J connectivity index is 0.00000529. The Labute approximate surface area is 463 Å². The summed E-state index contributed by atoms with van der Waals surface area (Å²) in [7, 11) is 0. The Kier molecular flexibility index (Phi) is 10.3. The molecular weight excluding hydrogens is 1140 g/mol. The van der Waals surface area contributed by atoms with E-state index in [1.54, 1.807) is 0 Å². The summed E-state index contributed by atoms with van der Waals surface area (Å²) in [5, 5.41) is 9.49. The minimum Gasteiger partial charge on any atom is -0.510 e. The molecule has 0 saturated carbocycles. The molecule has 0 aliphatic rings. The van der Waals surface area contributed by atoms with Gasteiger partial charge in [0.1, 0.15) is 5.82 Å². The van der Waals surface area contributed by atoms with Crippen molar-refractivity contribution in [2.24, 2.45) is 0 Å². The molecule has 78 heavy (non-hydrogen) atoms. The molecule has 0 radical (unpaired) electrons. The zero-order chi connectivity index (χ0) is 51.1. The van der Waals surface area contributed by atoms with E-state index in [1.807, 2.05) is 24.4 Å². The second kappa shape index (κ2) is 17.4. The number of para-hydroxylation sites is 7. The van der Waals surface area contributed by atoms with Gasteiger partial charge in [-0.25, -0.2) is 4.98 Å². The monoisotopic (exact) mass is 1180 g/mol. The fourth-order valence-corrected chi connectivity index (χ4v) is 12.2. The van der Waals surface area contributed by atoms with Gasteiger partial charge in [-0.1, -0.05) is 154 Å². The van der Waals surface area contributed by atoms with Crippen LogP contribution in [0, 0.1) is 18.5 Å². The van der Waals surface area contributed by atoms with Crippen LogP contribution in [0.15, 0.2) is 225 Å². The quantitative estimate of drug-likeness (QED) is 0.118. The topological polar surface area (TPSA) is 45.2 Å². The SMILES string of the molecule is CC(C)(C)c1ccnc(-n2c3[c-]c(Oc4[c-]c(-n5[c-][n+](-c6cc7c8ccccc8n8c9ccccc9c(c6)c78)c6ccccc65)ccc4)ccc3c3cc(-c4cccc5c6ccccc6n(-c6ccccc6)c45)ccc32)c1.[Pt]. The number of imidazole rings is 1. The van der Waals surface area contributed by atoms with Crippen LogP contribution in [-0.4, -0.2) is 23.1 Å². The van der Waals surface area contributed by atoms with Gasteiger partial charge in [-0.3, -0.25) is 4.57 Å². The molecule has 6 aromatic heterocycles. The molecule has 0 fully saturated rings. The van der Waals surface area contributed by atoms with Crippen LogP contribution in [0.4, 0.5) is 0 Å². The first-order chi connectivity index (χ1) is 37.8. The normalized spacial score (nSPS) is 12.2. The summed E-state index contributed by atoms with van der Waals surface area (Å²) < 4.78 is 18.1. The maximum Gasteiger partial charge on any atom is 0.268 e.